The maximum Gasteiger partial charge on any atom is 0.234 e. The highest BCUT2D eigenvalue weighted by molar-refractivity contribution is 7.99. The summed E-state index contributed by atoms with van der Waals surface area (Å²) >= 11 is 1.24. The summed E-state index contributed by atoms with van der Waals surface area (Å²) in [6, 6.07) is 13.2. The quantitative estimate of drug-likeness (QED) is 0.538. The molecular weight excluding hydrogens is 405 g/mol. The van der Waals surface area contributed by atoms with Gasteiger partial charge in [-0.1, -0.05) is 30.8 Å². The maximum atomic E-state index is 12.9. The average Bonchev–Trinajstić information content (AvgIpc) is 3.08. The standard InChI is InChI=1S/C21H22FN5O2S/c1-3-14-4-8-16(9-5-14)24-20(29)13-30-21-26-25-18(27(21)2)12-19(28)23-17-10-6-15(22)7-11-17/h4-11H,3,12-13H2,1-2H3,(H,23,28)(H,24,29). The van der Waals surface area contributed by atoms with Crippen molar-refractivity contribution in [2.45, 2.75) is 24.9 Å². The van der Waals surface area contributed by atoms with Gasteiger partial charge in [-0.25, -0.2) is 4.39 Å². The van der Waals surface area contributed by atoms with E-state index in [0.29, 0.717) is 16.7 Å². The summed E-state index contributed by atoms with van der Waals surface area (Å²) in [4.78, 5) is 24.4. The molecule has 2 aromatic carbocycles. The summed E-state index contributed by atoms with van der Waals surface area (Å²) in [5.74, 6) is -0.175. The third-order valence-electron chi connectivity index (χ3n) is 4.35. The topological polar surface area (TPSA) is 88.9 Å². The van der Waals surface area contributed by atoms with Gasteiger partial charge in [-0.05, 0) is 48.4 Å². The van der Waals surface area contributed by atoms with Crippen LogP contribution < -0.4 is 10.6 Å². The molecule has 9 heteroatoms. The van der Waals surface area contributed by atoms with Gasteiger partial charge in [-0.2, -0.15) is 0 Å². The monoisotopic (exact) mass is 427 g/mol. The first-order chi connectivity index (χ1) is 14.4. The SMILES string of the molecule is CCc1ccc(NC(=O)CSc2nnc(CC(=O)Nc3ccc(F)cc3)n2C)cc1. The molecule has 0 unspecified atom stereocenters. The van der Waals surface area contributed by atoms with E-state index in [2.05, 4.69) is 27.8 Å². The minimum Gasteiger partial charge on any atom is -0.326 e. The van der Waals surface area contributed by atoms with Crippen LogP contribution in [0.3, 0.4) is 0 Å². The van der Waals surface area contributed by atoms with Gasteiger partial charge >= 0.3 is 0 Å². The van der Waals surface area contributed by atoms with Crippen LogP contribution in [0, 0.1) is 5.82 Å². The van der Waals surface area contributed by atoms with Crippen molar-refractivity contribution in [3.05, 3.63) is 65.7 Å². The highest BCUT2D eigenvalue weighted by Crippen LogP contribution is 2.17. The van der Waals surface area contributed by atoms with E-state index in [1.165, 1.54) is 41.6 Å². The third kappa shape index (κ3) is 5.90. The number of hydrogen-bond acceptors (Lipinski definition) is 5. The second-order valence-corrected chi connectivity index (χ2v) is 7.52. The molecule has 0 saturated carbocycles. The molecule has 3 aromatic rings. The highest BCUT2D eigenvalue weighted by atomic mass is 32.2. The van der Waals surface area contributed by atoms with Gasteiger partial charge in [0.25, 0.3) is 0 Å². The van der Waals surface area contributed by atoms with Crippen molar-refractivity contribution < 1.29 is 14.0 Å². The van der Waals surface area contributed by atoms with Crippen LogP contribution in [0.25, 0.3) is 0 Å². The van der Waals surface area contributed by atoms with E-state index in [-0.39, 0.29) is 29.8 Å². The highest BCUT2D eigenvalue weighted by Gasteiger charge is 2.15. The van der Waals surface area contributed by atoms with Gasteiger partial charge in [0.15, 0.2) is 5.16 Å². The number of rotatable bonds is 8. The van der Waals surface area contributed by atoms with Crippen molar-refractivity contribution in [3.63, 3.8) is 0 Å². The van der Waals surface area contributed by atoms with Gasteiger partial charge in [0.1, 0.15) is 11.6 Å². The molecule has 0 fully saturated rings. The molecular formula is C21H22FN5O2S. The van der Waals surface area contributed by atoms with E-state index >= 15 is 0 Å². The lowest BCUT2D eigenvalue weighted by atomic mass is 10.1. The molecule has 0 radical (unpaired) electrons. The summed E-state index contributed by atoms with van der Waals surface area (Å²) in [6.45, 7) is 2.08. The molecule has 3 rings (SSSR count). The molecule has 2 N–H and O–H groups in total. The zero-order chi connectivity index (χ0) is 21.5. The number of amides is 2. The van der Waals surface area contributed by atoms with E-state index in [1.807, 2.05) is 24.3 Å². The predicted octanol–water partition coefficient (Wildman–Crippen LogP) is 3.43. The number of hydrogen-bond donors (Lipinski definition) is 2. The molecule has 7 nitrogen and oxygen atoms in total. The third-order valence-corrected chi connectivity index (χ3v) is 5.37. The molecule has 0 saturated heterocycles. The number of anilines is 2. The second-order valence-electron chi connectivity index (χ2n) is 6.58. The van der Waals surface area contributed by atoms with Crippen LogP contribution in [0.4, 0.5) is 15.8 Å². The fourth-order valence-electron chi connectivity index (χ4n) is 2.66. The van der Waals surface area contributed by atoms with Gasteiger partial charge in [-0.15, -0.1) is 10.2 Å². The van der Waals surface area contributed by atoms with Gasteiger partial charge in [0.2, 0.25) is 11.8 Å². The van der Waals surface area contributed by atoms with Gasteiger partial charge in [0, 0.05) is 18.4 Å². The van der Waals surface area contributed by atoms with Gasteiger partial charge in [-0.3, -0.25) is 9.59 Å². The van der Waals surface area contributed by atoms with Crippen molar-refractivity contribution in [3.8, 4) is 0 Å². The molecule has 1 heterocycles. The molecule has 0 bridgehead atoms. The van der Waals surface area contributed by atoms with Crippen molar-refractivity contribution in [1.82, 2.24) is 14.8 Å². The summed E-state index contributed by atoms with van der Waals surface area (Å²) in [5.41, 5.74) is 2.45. The number of nitrogens with one attached hydrogen (secondary N) is 2. The molecule has 30 heavy (non-hydrogen) atoms. The number of carbonyl (C=O) groups is 2. The molecule has 1 aromatic heterocycles. The average molecular weight is 428 g/mol. The Labute approximate surface area is 178 Å². The molecule has 0 spiro atoms. The predicted molar refractivity (Wildman–Crippen MR) is 115 cm³/mol. The fourth-order valence-corrected chi connectivity index (χ4v) is 3.39. The zero-order valence-corrected chi connectivity index (χ0v) is 17.5. The number of nitrogens with zero attached hydrogens (tertiary/aromatic N) is 3. The molecule has 0 aliphatic carbocycles. The van der Waals surface area contributed by atoms with Crippen LogP contribution in [0.5, 0.6) is 0 Å². The molecule has 156 valence electrons. The largest absolute Gasteiger partial charge is 0.326 e. The lowest BCUT2D eigenvalue weighted by Crippen LogP contribution is -2.17. The Bertz CT molecular complexity index is 1020. The number of aromatic nitrogens is 3. The van der Waals surface area contributed by atoms with Gasteiger partial charge < -0.3 is 15.2 Å². The van der Waals surface area contributed by atoms with Crippen molar-refractivity contribution in [1.29, 1.82) is 0 Å². The lowest BCUT2D eigenvalue weighted by molar-refractivity contribution is -0.116. The minimum atomic E-state index is -0.370. The zero-order valence-electron chi connectivity index (χ0n) is 16.7. The van der Waals surface area contributed by atoms with E-state index < -0.39 is 0 Å². The lowest BCUT2D eigenvalue weighted by Gasteiger charge is -2.07. The Morgan fingerprint density at radius 2 is 1.57 bits per heavy atom. The summed E-state index contributed by atoms with van der Waals surface area (Å²) in [7, 11) is 1.74. The Balaban J connectivity index is 1.51. The van der Waals surface area contributed by atoms with Crippen molar-refractivity contribution >= 4 is 35.0 Å². The summed E-state index contributed by atoms with van der Waals surface area (Å²) in [5, 5.41) is 14.2. The maximum absolute atomic E-state index is 12.9. The smallest absolute Gasteiger partial charge is 0.234 e. The Morgan fingerprint density at radius 3 is 2.20 bits per heavy atom. The molecule has 2 amide bonds. The van der Waals surface area contributed by atoms with E-state index in [9.17, 15) is 14.0 Å². The Kier molecular flexibility index (Phi) is 7.18. The summed E-state index contributed by atoms with van der Waals surface area (Å²) in [6.07, 6.45) is 0.956. The normalized spacial score (nSPS) is 10.6. The van der Waals surface area contributed by atoms with Crippen LogP contribution in [0.2, 0.25) is 0 Å². The van der Waals surface area contributed by atoms with Crippen LogP contribution in [-0.4, -0.2) is 32.3 Å². The Hall–Kier alpha value is -3.20. The van der Waals surface area contributed by atoms with Gasteiger partial charge in [0.05, 0.1) is 12.2 Å². The summed E-state index contributed by atoms with van der Waals surface area (Å²) < 4.78 is 14.6. The number of aryl methyl sites for hydroxylation is 1. The Morgan fingerprint density at radius 1 is 0.967 bits per heavy atom. The fraction of sp³-hybridized carbons (Fsp3) is 0.238. The molecule has 0 atom stereocenters. The molecule has 0 aliphatic rings. The first kappa shape index (κ1) is 21.5. The van der Waals surface area contributed by atoms with E-state index in [4.69, 9.17) is 0 Å². The number of thioether (sulfide) groups is 1. The minimum absolute atomic E-state index is 0.0113. The first-order valence-electron chi connectivity index (χ1n) is 9.40. The van der Waals surface area contributed by atoms with Crippen molar-refractivity contribution in [2.75, 3.05) is 16.4 Å². The molecule has 0 aliphatic heterocycles. The number of benzene rings is 2. The second kappa shape index (κ2) is 10.0. The van der Waals surface area contributed by atoms with Crippen LogP contribution >= 0.6 is 11.8 Å². The van der Waals surface area contributed by atoms with Crippen LogP contribution in [-0.2, 0) is 29.5 Å². The van der Waals surface area contributed by atoms with E-state index in [0.717, 1.165) is 12.1 Å². The number of carbonyl (C=O) groups excluding carboxylic acids is 2. The van der Waals surface area contributed by atoms with Crippen molar-refractivity contribution in [2.24, 2.45) is 7.05 Å². The first-order valence-corrected chi connectivity index (χ1v) is 10.4. The van der Waals surface area contributed by atoms with Crippen LogP contribution in [0.1, 0.15) is 18.3 Å². The van der Waals surface area contributed by atoms with E-state index in [1.54, 1.807) is 11.6 Å². The van der Waals surface area contributed by atoms with Crippen LogP contribution in [0.15, 0.2) is 53.7 Å². The number of halogens is 1.